The average Bonchev–Trinajstić information content (AvgIpc) is 3.64. The number of carbonyl (C=O) groups excluding carboxylic acids is 3. The molecule has 0 radical (unpaired) electrons. The number of nitriles is 1. The van der Waals surface area contributed by atoms with Gasteiger partial charge < -0.3 is 19.9 Å². The van der Waals surface area contributed by atoms with Gasteiger partial charge in [-0.1, -0.05) is 39.3 Å². The van der Waals surface area contributed by atoms with E-state index in [1.54, 1.807) is 47.9 Å². The number of fused-ring (bicyclic) bond motifs is 1. The SMILES string of the molecule is CC1(C)[C@H](NC(=O)c2ncc(N3CCC(CN4CCC(n5ncc6c(N7CCC(=O)NC7=O)ccnc65)CC4)CC3)cn2)C(C)(C)[C@H]1Oc1ccc(C#N)c(Cl)c1. The fraction of sp³-hybridized carbons (Fsp3) is 0.512. The van der Waals surface area contributed by atoms with Crippen LogP contribution in [0.25, 0.3) is 11.0 Å². The molecule has 16 heteroatoms. The maximum Gasteiger partial charge on any atom is 0.328 e. The van der Waals surface area contributed by atoms with Crippen LogP contribution in [-0.4, -0.2) is 98.9 Å². The van der Waals surface area contributed by atoms with Crippen LogP contribution in [0.2, 0.25) is 5.02 Å². The summed E-state index contributed by atoms with van der Waals surface area (Å²) in [7, 11) is 0. The third-order valence-electron chi connectivity index (χ3n) is 12.5. The van der Waals surface area contributed by atoms with Crippen molar-refractivity contribution in [3.05, 3.63) is 65.5 Å². The zero-order valence-electron chi connectivity index (χ0n) is 32.7. The minimum Gasteiger partial charge on any atom is -0.489 e. The van der Waals surface area contributed by atoms with Gasteiger partial charge in [-0.2, -0.15) is 10.4 Å². The summed E-state index contributed by atoms with van der Waals surface area (Å²) in [6.45, 7) is 13.4. The Morgan fingerprint density at radius 2 is 1.70 bits per heavy atom. The van der Waals surface area contributed by atoms with Crippen molar-refractivity contribution in [2.24, 2.45) is 16.7 Å². The molecule has 0 bridgehead atoms. The smallest absolute Gasteiger partial charge is 0.328 e. The largest absolute Gasteiger partial charge is 0.489 e. The van der Waals surface area contributed by atoms with Crippen molar-refractivity contribution in [2.45, 2.75) is 78.0 Å². The van der Waals surface area contributed by atoms with Gasteiger partial charge in [0.25, 0.3) is 5.91 Å². The summed E-state index contributed by atoms with van der Waals surface area (Å²) in [5.41, 5.74) is 2.01. The van der Waals surface area contributed by atoms with Gasteiger partial charge in [0.2, 0.25) is 11.7 Å². The third kappa shape index (κ3) is 7.36. The molecule has 0 unspecified atom stereocenters. The number of nitrogens with one attached hydrogen (secondary N) is 2. The number of pyridine rings is 1. The summed E-state index contributed by atoms with van der Waals surface area (Å²) >= 11 is 6.24. The predicted molar refractivity (Wildman–Crippen MR) is 214 cm³/mol. The number of hydrogen-bond acceptors (Lipinski definition) is 11. The van der Waals surface area contributed by atoms with Crippen LogP contribution in [0.15, 0.2) is 49.1 Å². The lowest BCUT2D eigenvalue weighted by atomic mass is 9.49. The van der Waals surface area contributed by atoms with Crippen LogP contribution in [0.1, 0.15) is 82.0 Å². The van der Waals surface area contributed by atoms with Crippen LogP contribution in [-0.2, 0) is 4.79 Å². The van der Waals surface area contributed by atoms with Gasteiger partial charge in [0.05, 0.1) is 52.0 Å². The van der Waals surface area contributed by atoms with E-state index in [4.69, 9.17) is 21.4 Å². The highest BCUT2D eigenvalue weighted by atomic mass is 35.5. The highest BCUT2D eigenvalue weighted by molar-refractivity contribution is 6.31. The molecule has 298 valence electrons. The number of carbonyl (C=O) groups is 3. The molecule has 4 aliphatic rings. The zero-order chi connectivity index (χ0) is 40.1. The van der Waals surface area contributed by atoms with E-state index in [0.29, 0.717) is 28.8 Å². The van der Waals surface area contributed by atoms with Gasteiger partial charge in [0, 0.05) is 74.8 Å². The normalized spacial score (nSPS) is 22.8. The van der Waals surface area contributed by atoms with Crippen molar-refractivity contribution in [3.63, 3.8) is 0 Å². The number of imide groups is 1. The van der Waals surface area contributed by atoms with Crippen LogP contribution in [0.4, 0.5) is 16.2 Å². The van der Waals surface area contributed by atoms with Crippen LogP contribution < -0.4 is 25.2 Å². The van der Waals surface area contributed by atoms with Crippen LogP contribution in [0, 0.1) is 28.1 Å². The second-order valence-corrected chi connectivity index (χ2v) is 17.3. The first-order valence-electron chi connectivity index (χ1n) is 19.7. The number of rotatable bonds is 9. The maximum absolute atomic E-state index is 13.4. The van der Waals surface area contributed by atoms with E-state index >= 15 is 0 Å². The van der Waals surface area contributed by atoms with E-state index in [1.165, 1.54) is 0 Å². The molecule has 3 aromatic heterocycles. The fourth-order valence-electron chi connectivity index (χ4n) is 9.71. The van der Waals surface area contributed by atoms with E-state index in [-0.39, 0.29) is 42.2 Å². The van der Waals surface area contributed by atoms with E-state index in [1.807, 2.05) is 10.7 Å². The predicted octanol–water partition coefficient (Wildman–Crippen LogP) is 5.36. The summed E-state index contributed by atoms with van der Waals surface area (Å²) < 4.78 is 8.37. The van der Waals surface area contributed by atoms with E-state index in [0.717, 1.165) is 80.8 Å². The van der Waals surface area contributed by atoms with E-state index in [2.05, 4.69) is 69.1 Å². The van der Waals surface area contributed by atoms with Crippen molar-refractivity contribution in [1.29, 1.82) is 5.26 Å². The van der Waals surface area contributed by atoms with Crippen molar-refractivity contribution in [1.82, 2.24) is 40.3 Å². The molecule has 0 spiro atoms. The molecule has 3 aliphatic heterocycles. The standard InChI is InChI=1S/C41H48ClN11O4/c1-40(2)37(41(3,4)38(40)57-29-6-5-26(20-43)31(42)19-29)49-36(55)34-45-21-28(22-46-34)51-16-8-25(9-17-51)24-50-14-10-27(11-15-50)53-35-30(23-47-53)32(7-13-44-35)52-18-12-33(54)48-39(52)56/h5-7,13,19,21-23,25,27,37-38H,8-12,14-18,24H2,1-4H3,(H,49,55)(H,48,54,56)/t37-,38-. The summed E-state index contributed by atoms with van der Waals surface area (Å²) in [5, 5.41) is 20.7. The van der Waals surface area contributed by atoms with Gasteiger partial charge in [-0.25, -0.2) is 24.4 Å². The molecule has 1 aromatic carbocycles. The first-order chi connectivity index (χ1) is 27.3. The summed E-state index contributed by atoms with van der Waals surface area (Å²) in [6, 6.07) is 8.56. The number of ether oxygens (including phenoxy) is 1. The Bertz CT molecular complexity index is 2200. The second kappa shape index (κ2) is 15.2. The Morgan fingerprint density at radius 1 is 0.982 bits per heavy atom. The lowest BCUT2D eigenvalue weighted by Crippen LogP contribution is -2.74. The van der Waals surface area contributed by atoms with Crippen molar-refractivity contribution >= 4 is 51.9 Å². The van der Waals surface area contributed by atoms with E-state index in [9.17, 15) is 19.6 Å². The quantitative estimate of drug-likeness (QED) is 0.223. The summed E-state index contributed by atoms with van der Waals surface area (Å²) in [4.78, 5) is 57.6. The van der Waals surface area contributed by atoms with Crippen LogP contribution in [0.5, 0.6) is 5.75 Å². The summed E-state index contributed by atoms with van der Waals surface area (Å²) in [5.74, 6) is 0.741. The lowest BCUT2D eigenvalue weighted by Gasteiger charge is -2.63. The number of hydrogen-bond donors (Lipinski definition) is 2. The molecular formula is C41H48ClN11O4. The molecular weight excluding hydrogens is 746 g/mol. The van der Waals surface area contributed by atoms with Gasteiger partial charge in [-0.3, -0.25) is 19.8 Å². The number of urea groups is 1. The molecule has 4 fully saturated rings. The molecule has 6 heterocycles. The third-order valence-corrected chi connectivity index (χ3v) is 12.8. The molecule has 0 atom stereocenters. The van der Waals surface area contributed by atoms with Crippen molar-refractivity contribution in [3.8, 4) is 11.8 Å². The Morgan fingerprint density at radius 3 is 2.37 bits per heavy atom. The summed E-state index contributed by atoms with van der Waals surface area (Å²) in [6.07, 6.45) is 11.1. The second-order valence-electron chi connectivity index (χ2n) is 16.9. The number of benzene rings is 1. The Labute approximate surface area is 336 Å². The van der Waals surface area contributed by atoms with Crippen LogP contribution >= 0.6 is 11.6 Å². The van der Waals surface area contributed by atoms with Gasteiger partial charge in [0.15, 0.2) is 5.65 Å². The first-order valence-corrected chi connectivity index (χ1v) is 20.1. The molecule has 3 saturated heterocycles. The minimum atomic E-state index is -0.411. The van der Waals surface area contributed by atoms with Crippen molar-refractivity contribution < 1.29 is 19.1 Å². The lowest BCUT2D eigenvalue weighted by molar-refractivity contribution is -0.164. The topological polar surface area (TPSA) is 174 Å². The molecule has 8 rings (SSSR count). The Balaban J connectivity index is 0.800. The molecule has 1 saturated carbocycles. The Kier molecular flexibility index (Phi) is 10.3. The molecule has 57 heavy (non-hydrogen) atoms. The van der Waals surface area contributed by atoms with Gasteiger partial charge >= 0.3 is 6.03 Å². The number of nitrogens with zero attached hydrogens (tertiary/aromatic N) is 9. The first kappa shape index (κ1) is 38.5. The number of amides is 4. The highest BCUT2D eigenvalue weighted by Crippen LogP contribution is 2.55. The number of piperidine rings is 2. The monoisotopic (exact) mass is 793 g/mol. The number of aromatic nitrogens is 5. The molecule has 1 aliphatic carbocycles. The zero-order valence-corrected chi connectivity index (χ0v) is 33.5. The van der Waals surface area contributed by atoms with Crippen LogP contribution in [0.3, 0.4) is 0 Å². The number of anilines is 2. The molecule has 15 nitrogen and oxygen atoms in total. The average molecular weight is 794 g/mol. The number of halogens is 1. The van der Waals surface area contributed by atoms with Gasteiger partial charge in [0.1, 0.15) is 17.9 Å². The molecule has 4 aromatic rings. The Hall–Kier alpha value is -5.33. The molecule has 4 amide bonds. The van der Waals surface area contributed by atoms with Crippen molar-refractivity contribution in [2.75, 3.05) is 49.1 Å². The van der Waals surface area contributed by atoms with Gasteiger partial charge in [-0.15, -0.1) is 0 Å². The van der Waals surface area contributed by atoms with Gasteiger partial charge in [-0.05, 0) is 49.8 Å². The minimum absolute atomic E-state index is 0.137. The highest BCUT2D eigenvalue weighted by Gasteiger charge is 2.64. The maximum atomic E-state index is 13.4. The molecule has 2 N–H and O–H groups in total. The fourth-order valence-corrected chi connectivity index (χ4v) is 9.92. The van der Waals surface area contributed by atoms with E-state index < -0.39 is 16.9 Å². The number of likely N-dealkylation sites (tertiary alicyclic amines) is 1.